The third-order valence-electron chi connectivity index (χ3n) is 1.93. The molecule has 0 heterocycles. The minimum atomic E-state index is -5.26. The second-order valence-electron chi connectivity index (χ2n) is 3.18. The number of ether oxygens (including phenoxy) is 1. The Morgan fingerprint density at radius 1 is 1.35 bits per heavy atom. The molecule has 0 N–H and O–H groups in total. The molecular weight excluding hydrogens is 331 g/mol. The zero-order valence-corrected chi connectivity index (χ0v) is 10.6. The zero-order valence-electron chi connectivity index (χ0n) is 9.05. The Morgan fingerprint density at radius 2 is 1.90 bits per heavy atom. The number of aldehydes is 1. The quantitative estimate of drug-likeness (QED) is 0.362. The lowest BCUT2D eigenvalue weighted by atomic mass is 10.2. The first-order valence-corrected chi connectivity index (χ1v) is 6.75. The molecule has 0 unspecified atom stereocenters. The van der Waals surface area contributed by atoms with Crippen LogP contribution >= 0.6 is 10.7 Å². The van der Waals surface area contributed by atoms with Crippen LogP contribution in [-0.4, -0.2) is 26.0 Å². The van der Waals surface area contributed by atoms with Crippen LogP contribution < -0.4 is 4.74 Å². The molecule has 1 aromatic carbocycles. The van der Waals surface area contributed by atoms with Crippen LogP contribution in [0, 0.1) is 10.1 Å². The average molecular weight is 334 g/mol. The highest BCUT2D eigenvalue weighted by atomic mass is 35.7. The molecule has 20 heavy (non-hydrogen) atoms. The normalized spacial score (nSPS) is 12.0. The molecule has 110 valence electrons. The third kappa shape index (κ3) is 3.57. The van der Waals surface area contributed by atoms with Crippen molar-refractivity contribution in [2.75, 3.05) is 0 Å². The summed E-state index contributed by atoms with van der Waals surface area (Å²) in [5.74, 6) is -1.33. The van der Waals surface area contributed by atoms with E-state index in [-0.39, 0.29) is 6.29 Å². The Bertz CT molecular complexity index is 672. The minimum absolute atomic E-state index is 0.295. The smallest absolute Gasteiger partial charge is 0.398 e. The number of halogens is 4. The minimum Gasteiger partial charge on any atom is -0.398 e. The summed E-state index contributed by atoms with van der Waals surface area (Å²) in [6.45, 7) is 0. The fourth-order valence-electron chi connectivity index (χ4n) is 1.29. The standard InChI is InChI=1S/C8H3ClF3NO6S/c9-20(17,18)6-2-1-5(19-8(10,11)12)7(13(15)16)4(6)3-14/h1-3H. The molecule has 12 heteroatoms. The van der Waals surface area contributed by atoms with Gasteiger partial charge in [-0.05, 0) is 12.1 Å². The number of carbonyl (C=O) groups is 1. The first kappa shape index (κ1) is 16.2. The number of nitro groups is 1. The van der Waals surface area contributed by atoms with Crippen LogP contribution in [0.4, 0.5) is 18.9 Å². The van der Waals surface area contributed by atoms with Crippen molar-refractivity contribution >= 4 is 31.7 Å². The number of carbonyl (C=O) groups excluding carboxylic acids is 1. The Labute approximate surface area is 113 Å². The summed E-state index contributed by atoms with van der Waals surface area (Å²) in [4.78, 5) is 19.1. The van der Waals surface area contributed by atoms with Crippen LogP contribution in [-0.2, 0) is 9.05 Å². The molecule has 0 spiro atoms. The average Bonchev–Trinajstić information content (AvgIpc) is 2.23. The van der Waals surface area contributed by atoms with E-state index in [1.165, 1.54) is 0 Å². The van der Waals surface area contributed by atoms with Gasteiger partial charge >= 0.3 is 12.0 Å². The fraction of sp³-hybridized carbons (Fsp3) is 0.125. The molecule has 0 saturated carbocycles. The summed E-state index contributed by atoms with van der Waals surface area (Å²) in [6, 6.07) is 0.883. The van der Waals surface area contributed by atoms with Crippen LogP contribution in [0.15, 0.2) is 17.0 Å². The molecule has 0 aliphatic heterocycles. The first-order valence-electron chi connectivity index (χ1n) is 4.44. The van der Waals surface area contributed by atoms with E-state index in [9.17, 15) is 36.5 Å². The van der Waals surface area contributed by atoms with Crippen molar-refractivity contribution in [3.05, 3.63) is 27.8 Å². The van der Waals surface area contributed by atoms with Gasteiger partial charge in [-0.25, -0.2) is 8.42 Å². The topological polar surface area (TPSA) is 104 Å². The van der Waals surface area contributed by atoms with Crippen molar-refractivity contribution in [3.63, 3.8) is 0 Å². The Hall–Kier alpha value is -1.88. The molecule has 7 nitrogen and oxygen atoms in total. The van der Waals surface area contributed by atoms with E-state index in [2.05, 4.69) is 4.74 Å². The predicted octanol–water partition coefficient (Wildman–Crippen LogP) is 2.23. The fourth-order valence-corrected chi connectivity index (χ4v) is 2.33. The molecule has 0 aliphatic rings. The number of rotatable bonds is 4. The van der Waals surface area contributed by atoms with Crippen LogP contribution in [0.1, 0.15) is 10.4 Å². The lowest BCUT2D eigenvalue weighted by molar-refractivity contribution is -0.389. The molecule has 0 aliphatic carbocycles. The summed E-state index contributed by atoms with van der Waals surface area (Å²) < 4.78 is 61.8. The number of benzene rings is 1. The number of nitro benzene ring substituents is 1. The van der Waals surface area contributed by atoms with Gasteiger partial charge in [0.25, 0.3) is 9.05 Å². The van der Waals surface area contributed by atoms with E-state index in [0.29, 0.717) is 12.1 Å². The molecule has 0 fully saturated rings. The summed E-state index contributed by atoms with van der Waals surface area (Å²) in [5.41, 5.74) is -2.58. The number of hydrogen-bond donors (Lipinski definition) is 0. The van der Waals surface area contributed by atoms with E-state index in [0.717, 1.165) is 0 Å². The van der Waals surface area contributed by atoms with Crippen molar-refractivity contribution in [2.45, 2.75) is 11.3 Å². The van der Waals surface area contributed by atoms with Gasteiger partial charge in [0.15, 0.2) is 6.29 Å². The van der Waals surface area contributed by atoms with Gasteiger partial charge in [0.2, 0.25) is 5.75 Å². The highest BCUT2D eigenvalue weighted by Crippen LogP contribution is 2.38. The molecule has 0 bridgehead atoms. The second-order valence-corrected chi connectivity index (χ2v) is 5.72. The van der Waals surface area contributed by atoms with Crippen LogP contribution in [0.5, 0.6) is 5.75 Å². The van der Waals surface area contributed by atoms with Gasteiger partial charge in [-0.2, -0.15) is 0 Å². The molecule has 0 atom stereocenters. The highest BCUT2D eigenvalue weighted by Gasteiger charge is 2.37. The number of hydrogen-bond acceptors (Lipinski definition) is 6. The summed E-state index contributed by atoms with van der Waals surface area (Å²) in [7, 11) is 0.370. The Balaban J connectivity index is 3.68. The largest absolute Gasteiger partial charge is 0.573 e. The van der Waals surface area contributed by atoms with Crippen molar-refractivity contribution in [1.82, 2.24) is 0 Å². The second kappa shape index (κ2) is 5.25. The van der Waals surface area contributed by atoms with Crippen LogP contribution in [0.25, 0.3) is 0 Å². The van der Waals surface area contributed by atoms with Crippen LogP contribution in [0.2, 0.25) is 0 Å². The zero-order chi connectivity index (χ0) is 15.7. The van der Waals surface area contributed by atoms with Gasteiger partial charge in [-0.15, -0.1) is 13.2 Å². The molecule has 0 radical (unpaired) electrons. The van der Waals surface area contributed by atoms with Crippen LogP contribution in [0.3, 0.4) is 0 Å². The van der Waals surface area contributed by atoms with Gasteiger partial charge in [-0.3, -0.25) is 14.9 Å². The highest BCUT2D eigenvalue weighted by molar-refractivity contribution is 8.13. The molecule has 0 aromatic heterocycles. The van der Waals surface area contributed by atoms with Gasteiger partial charge in [0, 0.05) is 10.7 Å². The van der Waals surface area contributed by atoms with E-state index in [1.54, 1.807) is 0 Å². The number of alkyl halides is 3. The van der Waals surface area contributed by atoms with E-state index in [1.807, 2.05) is 0 Å². The maximum Gasteiger partial charge on any atom is 0.573 e. The first-order chi connectivity index (χ1) is 8.97. The lowest BCUT2D eigenvalue weighted by Gasteiger charge is -2.11. The maximum absolute atomic E-state index is 12.1. The molecule has 0 amide bonds. The summed E-state index contributed by atoms with van der Waals surface area (Å²) in [6.07, 6.45) is -5.55. The van der Waals surface area contributed by atoms with E-state index < -0.39 is 42.2 Å². The number of nitrogens with zero attached hydrogens (tertiary/aromatic N) is 1. The van der Waals surface area contributed by atoms with Gasteiger partial charge in [-0.1, -0.05) is 0 Å². The molecule has 0 saturated heterocycles. The maximum atomic E-state index is 12.1. The van der Waals surface area contributed by atoms with E-state index >= 15 is 0 Å². The van der Waals surface area contributed by atoms with Crippen molar-refractivity contribution in [2.24, 2.45) is 0 Å². The SMILES string of the molecule is O=Cc1c(S(=O)(=O)Cl)ccc(OC(F)(F)F)c1[N+](=O)[O-]. The summed E-state index contributed by atoms with van der Waals surface area (Å²) in [5, 5.41) is 10.7. The van der Waals surface area contributed by atoms with Crippen molar-refractivity contribution in [1.29, 1.82) is 0 Å². The molecular formula is C8H3ClF3NO6S. The lowest BCUT2D eigenvalue weighted by Crippen LogP contribution is -2.18. The Kier molecular flexibility index (Phi) is 4.24. The molecule has 1 aromatic rings. The van der Waals surface area contributed by atoms with Crippen molar-refractivity contribution < 1.29 is 36.0 Å². The third-order valence-corrected chi connectivity index (χ3v) is 3.31. The van der Waals surface area contributed by atoms with Gasteiger partial charge in [0.05, 0.1) is 4.92 Å². The Morgan fingerprint density at radius 3 is 2.25 bits per heavy atom. The van der Waals surface area contributed by atoms with Gasteiger partial charge in [0.1, 0.15) is 10.5 Å². The van der Waals surface area contributed by atoms with Gasteiger partial charge < -0.3 is 4.74 Å². The molecule has 1 rings (SSSR count). The van der Waals surface area contributed by atoms with E-state index in [4.69, 9.17) is 10.7 Å². The summed E-state index contributed by atoms with van der Waals surface area (Å²) >= 11 is 0. The monoisotopic (exact) mass is 333 g/mol. The predicted molar refractivity (Wildman–Crippen MR) is 58.2 cm³/mol. The van der Waals surface area contributed by atoms with Crippen molar-refractivity contribution in [3.8, 4) is 5.75 Å².